The number of rotatable bonds is 4. The Hall–Kier alpha value is -2.24. The number of carbonyl (C=O) groups is 1. The van der Waals surface area contributed by atoms with Gasteiger partial charge in [-0.2, -0.15) is 0 Å². The lowest BCUT2D eigenvalue weighted by Crippen LogP contribution is -2.06. The van der Waals surface area contributed by atoms with Crippen molar-refractivity contribution in [1.82, 2.24) is 4.98 Å². The van der Waals surface area contributed by atoms with Crippen LogP contribution in [0.1, 0.15) is 40.7 Å². The molecule has 0 radical (unpaired) electrons. The van der Waals surface area contributed by atoms with Crippen molar-refractivity contribution in [2.75, 3.05) is 6.61 Å². The lowest BCUT2D eigenvalue weighted by atomic mass is 10.0. The van der Waals surface area contributed by atoms with Crippen molar-refractivity contribution in [3.63, 3.8) is 0 Å². The zero-order valence-electron chi connectivity index (χ0n) is 11.9. The van der Waals surface area contributed by atoms with Crippen LogP contribution in [0.25, 0.3) is 11.5 Å². The summed E-state index contributed by atoms with van der Waals surface area (Å²) in [6.07, 6.45) is -2.91. The first kappa shape index (κ1) is 15.2. The maximum Gasteiger partial charge on any atom is 0.376 e. The smallest absolute Gasteiger partial charge is 0.376 e. The normalized spacial score (nSPS) is 11.0. The number of esters is 1. The summed E-state index contributed by atoms with van der Waals surface area (Å²) >= 11 is 0. The lowest BCUT2D eigenvalue weighted by Gasteiger charge is -2.04. The summed E-state index contributed by atoms with van der Waals surface area (Å²) in [6.45, 7) is 5.29. The molecular weight excluding hydrogens is 280 g/mol. The zero-order valence-corrected chi connectivity index (χ0v) is 11.9. The van der Waals surface area contributed by atoms with E-state index in [9.17, 15) is 13.6 Å². The molecule has 0 aliphatic heterocycles. The van der Waals surface area contributed by atoms with Gasteiger partial charge in [0.2, 0.25) is 11.7 Å². The minimum Gasteiger partial charge on any atom is -0.460 e. The van der Waals surface area contributed by atoms with Crippen LogP contribution in [-0.4, -0.2) is 17.6 Å². The molecule has 21 heavy (non-hydrogen) atoms. The van der Waals surface area contributed by atoms with Crippen LogP contribution in [0.3, 0.4) is 0 Å². The van der Waals surface area contributed by atoms with E-state index < -0.39 is 23.8 Å². The minimum atomic E-state index is -2.91. The van der Waals surface area contributed by atoms with Crippen LogP contribution in [-0.2, 0) is 4.74 Å². The van der Waals surface area contributed by atoms with Crippen molar-refractivity contribution in [2.24, 2.45) is 0 Å². The second-order valence-electron chi connectivity index (χ2n) is 4.52. The van der Waals surface area contributed by atoms with E-state index in [4.69, 9.17) is 9.15 Å². The van der Waals surface area contributed by atoms with E-state index in [0.29, 0.717) is 5.56 Å². The van der Waals surface area contributed by atoms with Crippen LogP contribution in [0, 0.1) is 13.8 Å². The molecule has 0 bridgehead atoms. The van der Waals surface area contributed by atoms with Gasteiger partial charge in [-0.25, -0.2) is 18.6 Å². The van der Waals surface area contributed by atoms with E-state index in [2.05, 4.69) is 4.98 Å². The number of hydrogen-bond acceptors (Lipinski definition) is 4. The summed E-state index contributed by atoms with van der Waals surface area (Å²) in [6, 6.07) is 5.48. The SMILES string of the molecule is CCOC(=O)c1oc(-c2c(C)cccc2C)nc1C(F)F. The average Bonchev–Trinajstić information content (AvgIpc) is 2.84. The Bertz CT molecular complexity index is 645. The summed E-state index contributed by atoms with van der Waals surface area (Å²) in [5, 5.41) is 0. The van der Waals surface area contributed by atoms with E-state index in [1.807, 2.05) is 32.0 Å². The van der Waals surface area contributed by atoms with E-state index in [0.717, 1.165) is 11.1 Å². The van der Waals surface area contributed by atoms with Crippen LogP contribution in [0.5, 0.6) is 0 Å². The Morgan fingerprint density at radius 2 is 1.95 bits per heavy atom. The number of aromatic nitrogens is 1. The summed E-state index contributed by atoms with van der Waals surface area (Å²) in [4.78, 5) is 15.5. The number of benzene rings is 1. The van der Waals surface area contributed by atoms with Crippen LogP contribution in [0.2, 0.25) is 0 Å². The fraction of sp³-hybridized carbons (Fsp3) is 0.333. The van der Waals surface area contributed by atoms with Gasteiger partial charge in [0, 0.05) is 5.56 Å². The van der Waals surface area contributed by atoms with Gasteiger partial charge < -0.3 is 9.15 Å². The van der Waals surface area contributed by atoms with Gasteiger partial charge in [-0.1, -0.05) is 18.2 Å². The molecule has 4 nitrogen and oxygen atoms in total. The number of nitrogens with zero attached hydrogens (tertiary/aromatic N) is 1. The first-order valence-electron chi connectivity index (χ1n) is 6.48. The van der Waals surface area contributed by atoms with Crippen molar-refractivity contribution in [3.05, 3.63) is 40.8 Å². The molecule has 112 valence electrons. The summed E-state index contributed by atoms with van der Waals surface area (Å²) in [7, 11) is 0. The van der Waals surface area contributed by atoms with E-state index in [1.54, 1.807) is 6.92 Å². The molecule has 1 aromatic heterocycles. The molecule has 6 heteroatoms. The third-order valence-corrected chi connectivity index (χ3v) is 3.02. The van der Waals surface area contributed by atoms with Crippen LogP contribution in [0.4, 0.5) is 8.78 Å². The Morgan fingerprint density at radius 3 is 2.48 bits per heavy atom. The van der Waals surface area contributed by atoms with Gasteiger partial charge in [-0.3, -0.25) is 0 Å². The molecule has 1 aromatic carbocycles. The third kappa shape index (κ3) is 2.94. The number of ether oxygens (including phenoxy) is 1. The molecule has 0 amide bonds. The molecule has 0 spiro atoms. The highest BCUT2D eigenvalue weighted by atomic mass is 19.3. The van der Waals surface area contributed by atoms with Gasteiger partial charge in [0.15, 0.2) is 5.69 Å². The van der Waals surface area contributed by atoms with Crippen LogP contribution >= 0.6 is 0 Å². The maximum absolute atomic E-state index is 13.0. The number of oxazole rings is 1. The van der Waals surface area contributed by atoms with Gasteiger partial charge >= 0.3 is 5.97 Å². The standard InChI is InChI=1S/C15H15F2NO3/c1-4-20-15(19)12-11(13(16)17)18-14(21-12)10-8(2)6-5-7-9(10)3/h5-7,13H,4H2,1-3H3. The van der Waals surface area contributed by atoms with Crippen molar-refractivity contribution in [3.8, 4) is 11.5 Å². The number of aryl methyl sites for hydroxylation is 2. The van der Waals surface area contributed by atoms with E-state index in [-0.39, 0.29) is 12.5 Å². The molecule has 0 atom stereocenters. The predicted molar refractivity (Wildman–Crippen MR) is 72.3 cm³/mol. The largest absolute Gasteiger partial charge is 0.460 e. The summed E-state index contributed by atoms with van der Waals surface area (Å²) in [5.74, 6) is -1.47. The Kier molecular flexibility index (Phi) is 4.35. The molecule has 0 N–H and O–H groups in total. The second kappa shape index (κ2) is 6.03. The maximum atomic E-state index is 13.0. The summed E-state index contributed by atoms with van der Waals surface area (Å²) in [5.41, 5.74) is 1.57. The monoisotopic (exact) mass is 295 g/mol. The van der Waals surface area contributed by atoms with Crippen LogP contribution in [0.15, 0.2) is 22.6 Å². The number of alkyl halides is 2. The molecule has 1 heterocycles. The number of hydrogen-bond donors (Lipinski definition) is 0. The quantitative estimate of drug-likeness (QED) is 0.798. The van der Waals surface area contributed by atoms with Gasteiger partial charge in [0.1, 0.15) is 0 Å². The van der Waals surface area contributed by atoms with Gasteiger partial charge in [0.05, 0.1) is 6.61 Å². The summed E-state index contributed by atoms with van der Waals surface area (Å²) < 4.78 is 36.1. The molecule has 0 aliphatic carbocycles. The number of carbonyl (C=O) groups excluding carboxylic acids is 1. The van der Waals surface area contributed by atoms with E-state index in [1.165, 1.54) is 0 Å². The first-order valence-corrected chi connectivity index (χ1v) is 6.48. The minimum absolute atomic E-state index is 0.00366. The third-order valence-electron chi connectivity index (χ3n) is 3.02. The lowest BCUT2D eigenvalue weighted by molar-refractivity contribution is 0.0476. The van der Waals surface area contributed by atoms with E-state index >= 15 is 0 Å². The molecule has 0 saturated carbocycles. The number of halogens is 2. The van der Waals surface area contributed by atoms with Gasteiger partial charge in [-0.05, 0) is 31.9 Å². The molecular formula is C15H15F2NO3. The molecule has 0 saturated heterocycles. The molecule has 2 aromatic rings. The fourth-order valence-electron chi connectivity index (χ4n) is 2.08. The second-order valence-corrected chi connectivity index (χ2v) is 4.52. The van der Waals surface area contributed by atoms with Gasteiger partial charge in [0.25, 0.3) is 6.43 Å². The van der Waals surface area contributed by atoms with Crippen LogP contribution < -0.4 is 0 Å². The molecule has 0 unspecified atom stereocenters. The molecule has 0 aliphatic rings. The van der Waals surface area contributed by atoms with Gasteiger partial charge in [-0.15, -0.1) is 0 Å². The van der Waals surface area contributed by atoms with Crippen molar-refractivity contribution in [1.29, 1.82) is 0 Å². The zero-order chi connectivity index (χ0) is 15.6. The first-order chi connectivity index (χ1) is 9.95. The molecule has 2 rings (SSSR count). The Balaban J connectivity index is 2.57. The highest BCUT2D eigenvalue weighted by molar-refractivity contribution is 5.88. The topological polar surface area (TPSA) is 52.3 Å². The Morgan fingerprint density at radius 1 is 1.33 bits per heavy atom. The van der Waals surface area contributed by atoms with Crippen molar-refractivity contribution >= 4 is 5.97 Å². The predicted octanol–water partition coefficient (Wildman–Crippen LogP) is 4.07. The average molecular weight is 295 g/mol. The van der Waals surface area contributed by atoms with Crippen molar-refractivity contribution < 1.29 is 22.7 Å². The molecule has 0 fully saturated rings. The highest BCUT2D eigenvalue weighted by Crippen LogP contribution is 2.32. The highest BCUT2D eigenvalue weighted by Gasteiger charge is 2.28. The Labute approximate surface area is 120 Å². The fourth-order valence-corrected chi connectivity index (χ4v) is 2.08. The van der Waals surface area contributed by atoms with Crippen molar-refractivity contribution in [2.45, 2.75) is 27.2 Å².